The molecule has 1 saturated carbocycles. The average Bonchev–Trinajstić information content (AvgIpc) is 2.32. The molecule has 0 aromatic heterocycles. The van der Waals surface area contributed by atoms with Crippen molar-refractivity contribution < 1.29 is 4.74 Å². The highest BCUT2D eigenvalue weighted by Crippen LogP contribution is 2.40. The summed E-state index contributed by atoms with van der Waals surface area (Å²) in [5, 5.41) is 4.35. The zero-order valence-electron chi connectivity index (χ0n) is 12.4. The van der Waals surface area contributed by atoms with Gasteiger partial charge in [-0.1, -0.05) is 31.9 Å². The largest absolute Gasteiger partial charge is 0.491 e. The highest BCUT2D eigenvalue weighted by Gasteiger charge is 2.28. The molecule has 0 aliphatic heterocycles. The molecule has 0 amide bonds. The van der Waals surface area contributed by atoms with Crippen molar-refractivity contribution in [1.82, 2.24) is 0 Å². The predicted octanol–water partition coefficient (Wildman–Crippen LogP) is 5.88. The van der Waals surface area contributed by atoms with Gasteiger partial charge in [0.05, 0.1) is 16.8 Å². The second-order valence-electron chi connectivity index (χ2n) is 6.30. The van der Waals surface area contributed by atoms with Gasteiger partial charge in [0.1, 0.15) is 0 Å². The molecule has 0 heterocycles. The Bertz CT molecular complexity index is 476. The monoisotopic (exact) mass is 359 g/mol. The molecule has 0 spiro atoms. The summed E-state index contributed by atoms with van der Waals surface area (Å²) in [7, 11) is 0. The summed E-state index contributed by atoms with van der Waals surface area (Å²) in [5.74, 6) is 0.861. The molecule has 2 rings (SSSR count). The summed E-state index contributed by atoms with van der Waals surface area (Å²) < 4.78 is 6.66. The van der Waals surface area contributed by atoms with Crippen LogP contribution in [0.15, 0.2) is 16.6 Å². The number of ether oxygens (including phenoxy) is 1. The number of nitrogens with one attached hydrogen (secondary N) is 1. The summed E-state index contributed by atoms with van der Waals surface area (Å²) in [6.45, 7) is 7.33. The molecule has 1 N–H and O–H groups in total. The van der Waals surface area contributed by atoms with Crippen LogP contribution in [0.4, 0.5) is 5.69 Å². The quantitative estimate of drug-likeness (QED) is 0.723. The van der Waals surface area contributed by atoms with Gasteiger partial charge in [-0.25, -0.2) is 0 Å². The fraction of sp³-hybridized carbons (Fsp3) is 0.625. The minimum absolute atomic E-state index is 0.414. The van der Waals surface area contributed by atoms with Crippen LogP contribution in [0, 0.1) is 5.41 Å². The van der Waals surface area contributed by atoms with Crippen molar-refractivity contribution in [2.75, 3.05) is 11.9 Å². The van der Waals surface area contributed by atoms with Gasteiger partial charge in [0.25, 0.3) is 0 Å². The van der Waals surface area contributed by atoms with E-state index >= 15 is 0 Å². The topological polar surface area (TPSA) is 21.3 Å². The van der Waals surface area contributed by atoms with E-state index in [9.17, 15) is 0 Å². The molecular formula is C16H23BrClNO. The van der Waals surface area contributed by atoms with E-state index in [0.717, 1.165) is 20.9 Å². The van der Waals surface area contributed by atoms with Crippen LogP contribution in [0.5, 0.6) is 5.75 Å². The van der Waals surface area contributed by atoms with E-state index in [4.69, 9.17) is 16.3 Å². The summed E-state index contributed by atoms with van der Waals surface area (Å²) >= 11 is 9.71. The molecule has 0 radical (unpaired) electrons. The Hall–Kier alpha value is -0.410. The normalized spacial score (nSPS) is 21.6. The van der Waals surface area contributed by atoms with Crippen LogP contribution in [-0.2, 0) is 0 Å². The van der Waals surface area contributed by atoms with Gasteiger partial charge in [-0.15, -0.1) is 0 Å². The minimum Gasteiger partial charge on any atom is -0.491 e. The van der Waals surface area contributed by atoms with Crippen molar-refractivity contribution in [3.63, 3.8) is 0 Å². The van der Waals surface area contributed by atoms with Crippen LogP contribution in [0.25, 0.3) is 0 Å². The van der Waals surface area contributed by atoms with E-state index in [1.54, 1.807) is 0 Å². The Morgan fingerprint density at radius 3 is 2.85 bits per heavy atom. The molecule has 0 saturated heterocycles. The maximum Gasteiger partial charge on any atom is 0.156 e. The van der Waals surface area contributed by atoms with Gasteiger partial charge in [-0.3, -0.25) is 0 Å². The van der Waals surface area contributed by atoms with Crippen molar-refractivity contribution in [2.45, 2.75) is 52.5 Å². The molecule has 1 fully saturated rings. The number of halogens is 2. The van der Waals surface area contributed by atoms with Gasteiger partial charge in [0.2, 0.25) is 0 Å². The zero-order valence-corrected chi connectivity index (χ0v) is 14.8. The Balaban J connectivity index is 2.19. The summed E-state index contributed by atoms with van der Waals surface area (Å²) in [6, 6.07) is 4.32. The lowest BCUT2D eigenvalue weighted by Gasteiger charge is -2.36. The van der Waals surface area contributed by atoms with E-state index in [0.29, 0.717) is 18.1 Å². The Morgan fingerprint density at radius 2 is 2.20 bits per heavy atom. The highest BCUT2D eigenvalue weighted by atomic mass is 79.9. The van der Waals surface area contributed by atoms with E-state index < -0.39 is 0 Å². The Labute approximate surface area is 135 Å². The number of anilines is 1. The van der Waals surface area contributed by atoms with Gasteiger partial charge in [-0.05, 0) is 59.7 Å². The third kappa shape index (κ3) is 4.05. The van der Waals surface area contributed by atoms with Crippen molar-refractivity contribution in [3.8, 4) is 5.75 Å². The lowest BCUT2D eigenvalue weighted by molar-refractivity contribution is 0.229. The fourth-order valence-corrected chi connectivity index (χ4v) is 3.92. The van der Waals surface area contributed by atoms with Crippen molar-refractivity contribution >= 4 is 33.2 Å². The predicted molar refractivity (Wildman–Crippen MR) is 90.0 cm³/mol. The smallest absolute Gasteiger partial charge is 0.156 e. The Morgan fingerprint density at radius 1 is 1.45 bits per heavy atom. The molecule has 1 aromatic carbocycles. The molecule has 1 unspecified atom stereocenters. The second kappa shape index (κ2) is 6.57. The fourth-order valence-electron chi connectivity index (χ4n) is 3.00. The maximum absolute atomic E-state index is 6.17. The number of benzene rings is 1. The van der Waals surface area contributed by atoms with Crippen LogP contribution in [0.1, 0.15) is 46.5 Å². The average molecular weight is 361 g/mol. The van der Waals surface area contributed by atoms with Gasteiger partial charge in [0, 0.05) is 11.1 Å². The third-order valence-electron chi connectivity index (χ3n) is 3.86. The van der Waals surface area contributed by atoms with Crippen molar-refractivity contribution in [1.29, 1.82) is 0 Å². The molecule has 0 bridgehead atoms. The van der Waals surface area contributed by atoms with E-state index in [-0.39, 0.29) is 0 Å². The van der Waals surface area contributed by atoms with Crippen LogP contribution in [0.2, 0.25) is 5.02 Å². The molecule has 112 valence electrons. The van der Waals surface area contributed by atoms with Gasteiger partial charge in [-0.2, -0.15) is 0 Å². The first-order chi connectivity index (χ1) is 9.41. The lowest BCUT2D eigenvalue weighted by atomic mass is 9.75. The first-order valence-corrected chi connectivity index (χ1v) is 8.47. The maximum atomic E-state index is 6.17. The number of hydrogen-bond acceptors (Lipinski definition) is 2. The molecule has 1 aliphatic rings. The van der Waals surface area contributed by atoms with Crippen molar-refractivity contribution in [3.05, 3.63) is 21.6 Å². The van der Waals surface area contributed by atoms with Crippen LogP contribution >= 0.6 is 27.5 Å². The SMILES string of the molecule is CCOc1c(Br)cc(Cl)cc1NC1CCCC(C)(C)C1. The third-order valence-corrected chi connectivity index (χ3v) is 4.67. The number of hydrogen-bond donors (Lipinski definition) is 1. The molecule has 1 aliphatic carbocycles. The van der Waals surface area contributed by atoms with Gasteiger partial charge >= 0.3 is 0 Å². The van der Waals surface area contributed by atoms with Crippen LogP contribution in [0.3, 0.4) is 0 Å². The molecule has 4 heteroatoms. The van der Waals surface area contributed by atoms with E-state index in [1.165, 1.54) is 25.7 Å². The first-order valence-electron chi connectivity index (χ1n) is 7.29. The zero-order chi connectivity index (χ0) is 14.8. The van der Waals surface area contributed by atoms with Crippen LogP contribution < -0.4 is 10.1 Å². The van der Waals surface area contributed by atoms with Crippen molar-refractivity contribution in [2.24, 2.45) is 5.41 Å². The Kier molecular flexibility index (Phi) is 5.25. The highest BCUT2D eigenvalue weighted by molar-refractivity contribution is 9.10. The molecule has 1 aromatic rings. The molecule has 1 atom stereocenters. The summed E-state index contributed by atoms with van der Waals surface area (Å²) in [4.78, 5) is 0. The lowest BCUT2D eigenvalue weighted by Crippen LogP contribution is -2.31. The second-order valence-corrected chi connectivity index (χ2v) is 7.59. The molecule has 20 heavy (non-hydrogen) atoms. The summed E-state index contributed by atoms with van der Waals surface area (Å²) in [5.41, 5.74) is 1.41. The first kappa shape index (κ1) is 16.0. The van der Waals surface area contributed by atoms with Gasteiger partial charge < -0.3 is 10.1 Å². The summed E-state index contributed by atoms with van der Waals surface area (Å²) in [6.07, 6.45) is 4.97. The van der Waals surface area contributed by atoms with E-state index in [2.05, 4.69) is 35.1 Å². The van der Waals surface area contributed by atoms with Crippen LogP contribution in [-0.4, -0.2) is 12.6 Å². The van der Waals surface area contributed by atoms with E-state index in [1.807, 2.05) is 19.1 Å². The standard InChI is InChI=1S/C16H23BrClNO/c1-4-20-15-13(17)8-11(18)9-14(15)19-12-6-5-7-16(2,3)10-12/h8-9,12,19H,4-7,10H2,1-3H3. The number of rotatable bonds is 4. The minimum atomic E-state index is 0.414. The molecule has 2 nitrogen and oxygen atoms in total. The molecular weight excluding hydrogens is 338 g/mol. The van der Waals surface area contributed by atoms with Gasteiger partial charge in [0.15, 0.2) is 5.75 Å².